The number of halogens is 2. The van der Waals surface area contributed by atoms with Crippen LogP contribution in [0.4, 0.5) is 8.78 Å². The first-order chi connectivity index (χ1) is 13.5. The lowest BCUT2D eigenvalue weighted by atomic mass is 9.91. The normalized spacial score (nSPS) is 27.5. The number of ether oxygens (including phenoxy) is 2. The van der Waals surface area contributed by atoms with Gasteiger partial charge in [0.15, 0.2) is 0 Å². The van der Waals surface area contributed by atoms with E-state index in [0.29, 0.717) is 61.5 Å². The highest BCUT2D eigenvalue weighted by Gasteiger charge is 2.81. The molecule has 1 N–H and O–H groups in total. The lowest BCUT2D eigenvalue weighted by Crippen LogP contribution is -2.33. The summed E-state index contributed by atoms with van der Waals surface area (Å²) in [7, 11) is 1.32. The maximum Gasteiger partial charge on any atom is 0.337 e. The summed E-state index contributed by atoms with van der Waals surface area (Å²) in [4.78, 5) is 16.6. The summed E-state index contributed by atoms with van der Waals surface area (Å²) in [6.07, 6.45) is 1.78. The highest BCUT2D eigenvalue weighted by atomic mass is 19.3. The first-order valence-electron chi connectivity index (χ1n) is 9.76. The summed E-state index contributed by atoms with van der Waals surface area (Å²) in [5.74, 6) is -3.70. The van der Waals surface area contributed by atoms with Gasteiger partial charge in [0, 0.05) is 6.61 Å². The van der Waals surface area contributed by atoms with Crippen molar-refractivity contribution in [3.8, 4) is 0 Å². The van der Waals surface area contributed by atoms with Gasteiger partial charge in [-0.25, -0.2) is 18.6 Å². The smallest absolute Gasteiger partial charge is 0.337 e. The van der Waals surface area contributed by atoms with E-state index in [-0.39, 0.29) is 6.10 Å². The summed E-state index contributed by atoms with van der Waals surface area (Å²) in [6.45, 7) is 2.36. The van der Waals surface area contributed by atoms with Gasteiger partial charge in [0.1, 0.15) is 5.82 Å². The van der Waals surface area contributed by atoms with E-state index in [9.17, 15) is 4.79 Å². The van der Waals surface area contributed by atoms with Gasteiger partial charge in [-0.05, 0) is 50.6 Å². The Morgan fingerprint density at radius 2 is 2.14 bits per heavy atom. The topological polar surface area (TPSA) is 65.4 Å². The Balaban J connectivity index is 1.61. The molecule has 1 unspecified atom stereocenters. The highest BCUT2D eigenvalue weighted by Crippen LogP contribution is 2.74. The van der Waals surface area contributed by atoms with Crippen LogP contribution in [0.2, 0.25) is 0 Å². The molecule has 1 saturated carbocycles. The molecular formula is C20H23F2N3O3. The van der Waals surface area contributed by atoms with Crippen molar-refractivity contribution in [1.29, 1.82) is 0 Å². The monoisotopic (exact) mass is 391 g/mol. The molecule has 8 heteroatoms. The molecule has 1 aromatic heterocycles. The average Bonchev–Trinajstić information content (AvgIpc) is 2.95. The van der Waals surface area contributed by atoms with Crippen molar-refractivity contribution >= 4 is 17.0 Å². The van der Waals surface area contributed by atoms with Crippen molar-refractivity contribution in [2.75, 3.05) is 26.8 Å². The van der Waals surface area contributed by atoms with E-state index in [1.807, 2.05) is 4.57 Å². The summed E-state index contributed by atoms with van der Waals surface area (Å²) in [5, 5.41) is 3.18. The van der Waals surface area contributed by atoms with Crippen molar-refractivity contribution < 1.29 is 23.0 Å². The standard InChI is InChI=1S/C20H23F2N3O3/c1-27-18(26)12-2-3-14-15(10-12)25(11-13-4-9-28-13)17(24-14)16-19(20(16,21)22)5-7-23-8-6-19/h2-3,10,13,16,23H,4-9,11H2,1H3/t13-,16?/m0/s1. The van der Waals surface area contributed by atoms with Crippen LogP contribution in [0.1, 0.15) is 41.4 Å². The summed E-state index contributed by atoms with van der Waals surface area (Å²) in [5.41, 5.74) is 0.675. The van der Waals surface area contributed by atoms with Crippen molar-refractivity contribution in [1.82, 2.24) is 14.9 Å². The number of methoxy groups -OCH3 is 1. The van der Waals surface area contributed by atoms with Crippen LogP contribution in [0, 0.1) is 5.41 Å². The van der Waals surface area contributed by atoms with Gasteiger partial charge in [-0.1, -0.05) is 0 Å². The third-order valence-electron chi connectivity index (χ3n) is 6.63. The number of nitrogens with zero attached hydrogens (tertiary/aromatic N) is 2. The number of hydrogen-bond acceptors (Lipinski definition) is 5. The Morgan fingerprint density at radius 3 is 2.79 bits per heavy atom. The van der Waals surface area contributed by atoms with Gasteiger partial charge < -0.3 is 19.4 Å². The van der Waals surface area contributed by atoms with Gasteiger partial charge in [0.2, 0.25) is 0 Å². The van der Waals surface area contributed by atoms with E-state index < -0.39 is 23.2 Å². The number of fused-ring (bicyclic) bond motifs is 1. The molecule has 3 fully saturated rings. The fourth-order valence-electron chi connectivity index (χ4n) is 4.84. The van der Waals surface area contributed by atoms with Crippen molar-refractivity contribution in [3.63, 3.8) is 0 Å². The van der Waals surface area contributed by atoms with Gasteiger partial charge >= 0.3 is 5.97 Å². The molecule has 150 valence electrons. The van der Waals surface area contributed by atoms with Crippen molar-refractivity contribution in [2.45, 2.75) is 43.8 Å². The minimum atomic E-state index is -2.76. The molecule has 2 atom stereocenters. The zero-order valence-electron chi connectivity index (χ0n) is 15.7. The van der Waals surface area contributed by atoms with Crippen molar-refractivity contribution in [3.05, 3.63) is 29.6 Å². The minimum absolute atomic E-state index is 0.00530. The number of aromatic nitrogens is 2. The molecule has 0 bridgehead atoms. The molecule has 3 heterocycles. The zero-order chi connectivity index (χ0) is 19.5. The van der Waals surface area contributed by atoms with Crippen LogP contribution in [-0.4, -0.2) is 54.4 Å². The zero-order valence-corrected chi connectivity index (χ0v) is 15.7. The number of carbonyl (C=O) groups is 1. The minimum Gasteiger partial charge on any atom is -0.465 e. The number of benzene rings is 1. The molecule has 1 spiro atoms. The van der Waals surface area contributed by atoms with E-state index in [1.54, 1.807) is 18.2 Å². The fraction of sp³-hybridized carbons (Fsp3) is 0.600. The SMILES string of the molecule is COC(=O)c1ccc2nc(C3C(F)(F)C34CCNCC4)n(C[C@@H]3CCO3)c2c1. The van der Waals surface area contributed by atoms with Crippen LogP contribution < -0.4 is 5.32 Å². The van der Waals surface area contributed by atoms with Crippen LogP contribution in [0.5, 0.6) is 0 Å². The fourth-order valence-corrected chi connectivity index (χ4v) is 4.84. The third kappa shape index (κ3) is 2.43. The number of imidazole rings is 1. The number of carbonyl (C=O) groups excluding carboxylic acids is 1. The van der Waals surface area contributed by atoms with Crippen LogP contribution in [-0.2, 0) is 16.0 Å². The van der Waals surface area contributed by atoms with Crippen LogP contribution >= 0.6 is 0 Å². The molecule has 5 rings (SSSR count). The number of nitrogens with one attached hydrogen (secondary N) is 1. The van der Waals surface area contributed by atoms with Crippen LogP contribution in [0.3, 0.4) is 0 Å². The Labute approximate surface area is 161 Å². The van der Waals surface area contributed by atoms with E-state index in [2.05, 4.69) is 10.3 Å². The lowest BCUT2D eigenvalue weighted by Gasteiger charge is -2.28. The van der Waals surface area contributed by atoms with E-state index in [0.717, 1.165) is 6.42 Å². The van der Waals surface area contributed by atoms with Gasteiger partial charge in [-0.3, -0.25) is 0 Å². The maximum atomic E-state index is 15.0. The molecule has 2 saturated heterocycles. The predicted octanol–water partition coefficient (Wildman–Crippen LogP) is 2.71. The lowest BCUT2D eigenvalue weighted by molar-refractivity contribution is -0.0591. The summed E-state index contributed by atoms with van der Waals surface area (Å²) in [6, 6.07) is 5.02. The van der Waals surface area contributed by atoms with E-state index in [4.69, 9.17) is 9.47 Å². The number of hydrogen-bond donors (Lipinski definition) is 1. The molecule has 1 aliphatic carbocycles. The Bertz CT molecular complexity index is 932. The first-order valence-corrected chi connectivity index (χ1v) is 9.76. The average molecular weight is 391 g/mol. The quantitative estimate of drug-likeness (QED) is 0.812. The first kappa shape index (κ1) is 18.0. The molecule has 28 heavy (non-hydrogen) atoms. The highest BCUT2D eigenvalue weighted by molar-refractivity contribution is 5.93. The molecule has 3 aliphatic rings. The molecule has 2 aromatic rings. The Hall–Kier alpha value is -2.06. The maximum absolute atomic E-state index is 15.0. The largest absolute Gasteiger partial charge is 0.465 e. The van der Waals surface area contributed by atoms with Gasteiger partial charge in [0.05, 0.1) is 47.7 Å². The Morgan fingerprint density at radius 1 is 1.39 bits per heavy atom. The third-order valence-corrected chi connectivity index (χ3v) is 6.63. The van der Waals surface area contributed by atoms with E-state index >= 15 is 8.78 Å². The Kier molecular flexibility index (Phi) is 4.00. The van der Waals surface area contributed by atoms with E-state index in [1.165, 1.54) is 7.11 Å². The molecule has 1 aromatic carbocycles. The molecule has 6 nitrogen and oxygen atoms in total. The number of rotatable bonds is 4. The predicted molar refractivity (Wildman–Crippen MR) is 97.7 cm³/mol. The molecular weight excluding hydrogens is 368 g/mol. The van der Waals surface area contributed by atoms with Crippen LogP contribution in [0.15, 0.2) is 18.2 Å². The van der Waals surface area contributed by atoms with Gasteiger partial charge in [0.25, 0.3) is 5.92 Å². The summed E-state index contributed by atoms with van der Waals surface area (Å²) < 4.78 is 42.3. The molecule has 2 aliphatic heterocycles. The second-order valence-corrected chi connectivity index (χ2v) is 8.02. The number of alkyl halides is 2. The number of piperidine rings is 1. The summed E-state index contributed by atoms with van der Waals surface area (Å²) >= 11 is 0. The molecule has 0 radical (unpaired) electrons. The van der Waals surface area contributed by atoms with Gasteiger partial charge in [-0.2, -0.15) is 0 Å². The van der Waals surface area contributed by atoms with Crippen molar-refractivity contribution in [2.24, 2.45) is 5.41 Å². The van der Waals surface area contributed by atoms with Crippen LogP contribution in [0.25, 0.3) is 11.0 Å². The molecule has 0 amide bonds. The second kappa shape index (κ2) is 6.22. The second-order valence-electron chi connectivity index (χ2n) is 8.02. The van der Waals surface area contributed by atoms with Gasteiger partial charge in [-0.15, -0.1) is 0 Å². The number of esters is 1.